The first kappa shape index (κ1) is 24.4. The number of halogens is 2. The quantitative estimate of drug-likeness (QED) is 0.440. The van der Waals surface area contributed by atoms with E-state index in [9.17, 15) is 9.59 Å². The fraction of sp³-hybridized carbons (Fsp3) is 0.524. The standard InChI is InChI=1S/C21H26ClFN2O7/c1-5-30-20(27)32-18-16(15-14(23)7-6-13(2)17(15)22)19(26)25(31-12-28-3)21(18)8-10-24(29-4)11-9-21/h6-7H,5,8-12H2,1-4H3. The number of carbonyl (C=O) groups excluding carboxylic acids is 2. The van der Waals surface area contributed by atoms with Crippen molar-refractivity contribution in [1.82, 2.24) is 10.1 Å². The maximum atomic E-state index is 15.0. The summed E-state index contributed by atoms with van der Waals surface area (Å²) in [6, 6.07) is 2.71. The molecule has 2 heterocycles. The van der Waals surface area contributed by atoms with Crippen LogP contribution >= 0.6 is 11.6 Å². The minimum absolute atomic E-state index is 0.0383. The van der Waals surface area contributed by atoms with Gasteiger partial charge in [-0.15, -0.1) is 0 Å². The first-order chi connectivity index (χ1) is 15.3. The molecule has 0 unspecified atom stereocenters. The summed E-state index contributed by atoms with van der Waals surface area (Å²) in [7, 11) is 2.94. The van der Waals surface area contributed by atoms with Crippen LogP contribution in [0.5, 0.6) is 0 Å². The predicted molar refractivity (Wildman–Crippen MR) is 112 cm³/mol. The van der Waals surface area contributed by atoms with Crippen molar-refractivity contribution in [2.24, 2.45) is 0 Å². The number of nitrogens with zero attached hydrogens (tertiary/aromatic N) is 2. The van der Waals surface area contributed by atoms with Crippen LogP contribution in [0.3, 0.4) is 0 Å². The molecule has 1 fully saturated rings. The molecule has 1 saturated heterocycles. The lowest BCUT2D eigenvalue weighted by molar-refractivity contribution is -0.260. The van der Waals surface area contributed by atoms with Crippen molar-refractivity contribution in [2.75, 3.05) is 40.7 Å². The van der Waals surface area contributed by atoms with E-state index in [1.54, 1.807) is 18.9 Å². The Kier molecular flexibility index (Phi) is 7.73. The SMILES string of the molecule is CCOC(=O)OC1=C(c2c(F)ccc(C)c2Cl)C(=O)N(OCOC)C12CCN(OC)CC2. The van der Waals surface area contributed by atoms with Gasteiger partial charge in [-0.25, -0.2) is 19.1 Å². The number of carbonyl (C=O) groups is 2. The van der Waals surface area contributed by atoms with Crippen LogP contribution in [0.1, 0.15) is 30.9 Å². The highest BCUT2D eigenvalue weighted by molar-refractivity contribution is 6.36. The van der Waals surface area contributed by atoms with E-state index >= 15 is 4.39 Å². The number of benzene rings is 1. The van der Waals surface area contributed by atoms with E-state index in [2.05, 4.69) is 0 Å². The average Bonchev–Trinajstić information content (AvgIpc) is 2.98. The third-order valence-corrected chi connectivity index (χ3v) is 6.01. The van der Waals surface area contributed by atoms with Gasteiger partial charge >= 0.3 is 6.16 Å². The zero-order valence-electron chi connectivity index (χ0n) is 18.4. The van der Waals surface area contributed by atoms with Crippen LogP contribution in [-0.4, -0.2) is 68.4 Å². The van der Waals surface area contributed by atoms with E-state index in [4.69, 9.17) is 35.5 Å². The molecule has 32 heavy (non-hydrogen) atoms. The Hall–Kier alpha value is -2.24. The van der Waals surface area contributed by atoms with Gasteiger partial charge in [0.2, 0.25) is 0 Å². The zero-order valence-corrected chi connectivity index (χ0v) is 19.2. The topological polar surface area (TPSA) is 86.8 Å². The minimum atomic E-state index is -1.22. The number of hydrogen-bond acceptors (Lipinski definition) is 8. The lowest BCUT2D eigenvalue weighted by atomic mass is 9.85. The highest BCUT2D eigenvalue weighted by Gasteiger charge is 2.57. The van der Waals surface area contributed by atoms with Crippen LogP contribution < -0.4 is 0 Å². The molecule has 0 atom stereocenters. The van der Waals surface area contributed by atoms with Gasteiger partial charge < -0.3 is 19.0 Å². The third kappa shape index (κ3) is 4.33. The van der Waals surface area contributed by atoms with Crippen LogP contribution in [-0.2, 0) is 28.7 Å². The molecule has 1 amide bonds. The molecule has 0 aromatic heterocycles. The highest BCUT2D eigenvalue weighted by atomic mass is 35.5. The molecule has 1 spiro atoms. The van der Waals surface area contributed by atoms with Gasteiger partial charge in [-0.3, -0.25) is 4.79 Å². The molecule has 0 saturated carbocycles. The summed E-state index contributed by atoms with van der Waals surface area (Å²) in [4.78, 5) is 36.9. The summed E-state index contributed by atoms with van der Waals surface area (Å²) in [6.45, 7) is 3.90. The molecule has 0 radical (unpaired) electrons. The number of methoxy groups -OCH3 is 1. The smallest absolute Gasteiger partial charge is 0.434 e. The maximum Gasteiger partial charge on any atom is 0.513 e. The number of hydroxylamine groups is 4. The summed E-state index contributed by atoms with van der Waals surface area (Å²) < 4.78 is 30.5. The molecule has 9 nitrogen and oxygen atoms in total. The van der Waals surface area contributed by atoms with Crippen LogP contribution in [0.4, 0.5) is 9.18 Å². The van der Waals surface area contributed by atoms with Gasteiger partial charge in [0, 0.05) is 25.8 Å². The number of rotatable bonds is 7. The number of hydrogen-bond donors (Lipinski definition) is 0. The first-order valence-corrected chi connectivity index (χ1v) is 10.5. The number of amides is 1. The van der Waals surface area contributed by atoms with Crippen molar-refractivity contribution < 1.29 is 37.9 Å². The Morgan fingerprint density at radius 1 is 1.25 bits per heavy atom. The van der Waals surface area contributed by atoms with Crippen LogP contribution in [0, 0.1) is 12.7 Å². The second-order valence-corrected chi connectivity index (χ2v) is 7.70. The fourth-order valence-corrected chi connectivity index (χ4v) is 4.21. The van der Waals surface area contributed by atoms with E-state index in [0.717, 1.165) is 5.06 Å². The number of ether oxygens (including phenoxy) is 3. The first-order valence-electron chi connectivity index (χ1n) is 10.1. The third-order valence-electron chi connectivity index (χ3n) is 5.53. The molecule has 1 aromatic carbocycles. The monoisotopic (exact) mass is 472 g/mol. The zero-order chi connectivity index (χ0) is 23.5. The molecular weight excluding hydrogens is 447 g/mol. The Labute approximate surface area is 190 Å². The summed E-state index contributed by atoms with van der Waals surface area (Å²) in [6.07, 6.45) is -0.460. The van der Waals surface area contributed by atoms with Crippen molar-refractivity contribution in [2.45, 2.75) is 32.2 Å². The second kappa shape index (κ2) is 10.1. The lowest BCUT2D eigenvalue weighted by Crippen LogP contribution is -2.55. The summed E-state index contributed by atoms with van der Waals surface area (Å²) in [5, 5.41) is 2.83. The number of piperidine rings is 1. The minimum Gasteiger partial charge on any atom is -0.434 e. The molecule has 3 rings (SSSR count). The Morgan fingerprint density at radius 3 is 2.53 bits per heavy atom. The molecule has 0 N–H and O–H groups in total. The van der Waals surface area contributed by atoms with E-state index in [0.29, 0.717) is 18.7 Å². The molecule has 2 aliphatic heterocycles. The predicted octanol–water partition coefficient (Wildman–Crippen LogP) is 3.45. The number of aryl methyl sites for hydroxylation is 1. The van der Waals surface area contributed by atoms with E-state index in [-0.39, 0.29) is 48.2 Å². The summed E-state index contributed by atoms with van der Waals surface area (Å²) in [5.74, 6) is -1.50. The average molecular weight is 473 g/mol. The van der Waals surface area contributed by atoms with Crippen LogP contribution in [0.15, 0.2) is 17.9 Å². The molecule has 11 heteroatoms. The van der Waals surface area contributed by atoms with Gasteiger partial charge in [-0.1, -0.05) is 17.7 Å². The molecule has 0 aliphatic carbocycles. The van der Waals surface area contributed by atoms with Gasteiger partial charge in [0.05, 0.1) is 24.3 Å². The van der Waals surface area contributed by atoms with Gasteiger partial charge in [0.1, 0.15) is 11.4 Å². The second-order valence-electron chi connectivity index (χ2n) is 7.32. The molecule has 0 bridgehead atoms. The molecular formula is C21H26ClFN2O7. The van der Waals surface area contributed by atoms with Gasteiger partial charge in [-0.05, 0) is 38.3 Å². The Balaban J connectivity index is 2.22. The van der Waals surface area contributed by atoms with Gasteiger partial charge in [0.25, 0.3) is 5.91 Å². The summed E-state index contributed by atoms with van der Waals surface area (Å²) >= 11 is 6.42. The molecule has 2 aliphatic rings. The normalized spacial score (nSPS) is 18.6. The van der Waals surface area contributed by atoms with Gasteiger partial charge in [0.15, 0.2) is 12.6 Å². The Bertz CT molecular complexity index is 916. The van der Waals surface area contributed by atoms with Gasteiger partial charge in [-0.2, -0.15) is 5.06 Å². The van der Waals surface area contributed by atoms with Crippen LogP contribution in [0.25, 0.3) is 5.57 Å². The van der Waals surface area contributed by atoms with Crippen molar-refractivity contribution in [1.29, 1.82) is 0 Å². The van der Waals surface area contributed by atoms with E-state index in [1.807, 2.05) is 0 Å². The lowest BCUT2D eigenvalue weighted by Gasteiger charge is -2.43. The fourth-order valence-electron chi connectivity index (χ4n) is 3.96. The highest BCUT2D eigenvalue weighted by Crippen LogP contribution is 2.49. The van der Waals surface area contributed by atoms with Crippen LogP contribution in [0.2, 0.25) is 5.02 Å². The van der Waals surface area contributed by atoms with Crippen molar-refractivity contribution in [3.63, 3.8) is 0 Å². The maximum absolute atomic E-state index is 15.0. The molecule has 176 valence electrons. The van der Waals surface area contributed by atoms with E-state index in [1.165, 1.54) is 26.4 Å². The largest absolute Gasteiger partial charge is 0.513 e. The van der Waals surface area contributed by atoms with Crippen molar-refractivity contribution in [3.8, 4) is 0 Å². The van der Waals surface area contributed by atoms with E-state index < -0.39 is 23.4 Å². The Morgan fingerprint density at radius 2 is 1.94 bits per heavy atom. The van der Waals surface area contributed by atoms with Crippen molar-refractivity contribution in [3.05, 3.63) is 39.9 Å². The van der Waals surface area contributed by atoms with Crippen molar-refractivity contribution >= 4 is 29.2 Å². The summed E-state index contributed by atoms with van der Waals surface area (Å²) in [5.41, 5.74) is -1.01. The molecule has 1 aromatic rings.